The van der Waals surface area contributed by atoms with Crippen molar-refractivity contribution in [1.29, 1.82) is 0 Å². The summed E-state index contributed by atoms with van der Waals surface area (Å²) >= 11 is 0. The third-order valence-corrected chi connectivity index (χ3v) is 2.97. The molecule has 9 nitrogen and oxygen atoms in total. The van der Waals surface area contributed by atoms with E-state index in [2.05, 4.69) is 9.97 Å². The highest BCUT2D eigenvalue weighted by atomic mass is 31.2. The van der Waals surface area contributed by atoms with Gasteiger partial charge in [-0.3, -0.25) is 9.78 Å². The van der Waals surface area contributed by atoms with Crippen molar-refractivity contribution in [2.45, 2.75) is 6.54 Å². The molecule has 0 atom stereocenters. The molecule has 6 N–H and O–H groups in total. The molecular formula is C9H13FN4O5P+. The minimum atomic E-state index is -3.99. The molecule has 2 heterocycles. The van der Waals surface area contributed by atoms with Crippen LogP contribution in [-0.2, 0) is 11.3 Å². The van der Waals surface area contributed by atoms with Crippen molar-refractivity contribution in [3.63, 3.8) is 0 Å². The van der Waals surface area contributed by atoms with Gasteiger partial charge in [0.15, 0.2) is 11.5 Å². The highest BCUT2D eigenvalue weighted by Gasteiger charge is 2.29. The average Bonchev–Trinajstić information content (AvgIpc) is 2.60. The molecule has 0 saturated heterocycles. The van der Waals surface area contributed by atoms with E-state index in [1.165, 1.54) is 4.57 Å². The maximum absolute atomic E-state index is 13.6. The molecule has 0 aliphatic heterocycles. The van der Waals surface area contributed by atoms with Gasteiger partial charge < -0.3 is 15.0 Å². The van der Waals surface area contributed by atoms with Gasteiger partial charge in [0.05, 0.1) is 6.61 Å². The molecule has 0 aliphatic rings. The molecule has 0 spiro atoms. The van der Waals surface area contributed by atoms with E-state index in [4.69, 9.17) is 25.2 Å². The Balaban J connectivity index is 2.17. The lowest BCUT2D eigenvalue weighted by Crippen LogP contribution is -2.13. The third-order valence-electron chi connectivity index (χ3n) is 2.44. The van der Waals surface area contributed by atoms with Crippen molar-refractivity contribution in [1.82, 2.24) is 14.5 Å². The SMILES string of the molecule is Nc1nc2c(c(F)cn2CCOC[P+](O)(O)O)c(=O)[nH]1. The number of nitrogens with one attached hydrogen (secondary N) is 1. The molecular weight excluding hydrogens is 294 g/mol. The Bertz CT molecular complexity index is 679. The molecule has 0 unspecified atom stereocenters. The van der Waals surface area contributed by atoms with Crippen LogP contribution in [0.1, 0.15) is 0 Å². The van der Waals surface area contributed by atoms with Gasteiger partial charge in [0.2, 0.25) is 12.3 Å². The number of rotatable bonds is 5. The summed E-state index contributed by atoms with van der Waals surface area (Å²) in [4.78, 5) is 43.7. The van der Waals surface area contributed by atoms with E-state index in [0.717, 1.165) is 6.20 Å². The van der Waals surface area contributed by atoms with E-state index in [1.54, 1.807) is 0 Å². The molecule has 2 aromatic heterocycles. The predicted octanol–water partition coefficient (Wildman–Crippen LogP) is -0.841. The van der Waals surface area contributed by atoms with Crippen molar-refractivity contribution in [3.05, 3.63) is 22.4 Å². The summed E-state index contributed by atoms with van der Waals surface area (Å²) in [6, 6.07) is 0. The summed E-state index contributed by atoms with van der Waals surface area (Å²) in [5, 5.41) is -0.215. The van der Waals surface area contributed by atoms with Gasteiger partial charge in [0.25, 0.3) is 5.56 Å². The minimum absolute atomic E-state index is 0.0406. The Hall–Kier alpha value is -1.58. The summed E-state index contributed by atoms with van der Waals surface area (Å²) in [6.07, 6.45) is 0.444. The fraction of sp³-hybridized carbons (Fsp3) is 0.333. The van der Waals surface area contributed by atoms with Crippen LogP contribution in [0.4, 0.5) is 10.3 Å². The quantitative estimate of drug-likeness (QED) is 0.357. The fourth-order valence-electron chi connectivity index (χ4n) is 1.68. The number of fused-ring (bicyclic) bond motifs is 1. The molecule has 0 saturated carbocycles. The number of nitrogen functional groups attached to an aromatic ring is 1. The van der Waals surface area contributed by atoms with Gasteiger partial charge in [-0.1, -0.05) is 0 Å². The second-order valence-corrected chi connectivity index (χ2v) is 5.69. The van der Waals surface area contributed by atoms with Gasteiger partial charge in [-0.2, -0.15) is 19.7 Å². The van der Waals surface area contributed by atoms with Gasteiger partial charge in [-0.15, -0.1) is 0 Å². The predicted molar refractivity (Wildman–Crippen MR) is 69.1 cm³/mol. The zero-order valence-corrected chi connectivity index (χ0v) is 11.0. The summed E-state index contributed by atoms with van der Waals surface area (Å²) in [6.45, 7) is 0.0529. The number of aromatic amines is 1. The van der Waals surface area contributed by atoms with E-state index in [1.807, 2.05) is 0 Å². The fourth-order valence-corrected chi connectivity index (χ4v) is 2.06. The molecule has 0 aromatic carbocycles. The van der Waals surface area contributed by atoms with Gasteiger partial charge in [-0.25, -0.2) is 4.39 Å². The first kappa shape index (κ1) is 14.8. The van der Waals surface area contributed by atoms with Crippen molar-refractivity contribution in [2.75, 3.05) is 18.7 Å². The van der Waals surface area contributed by atoms with Crippen molar-refractivity contribution < 1.29 is 23.8 Å². The van der Waals surface area contributed by atoms with E-state index < -0.39 is 25.7 Å². The molecule has 20 heavy (non-hydrogen) atoms. The first-order valence-electron chi connectivity index (χ1n) is 5.46. The second-order valence-electron chi connectivity index (χ2n) is 4.05. The molecule has 2 aromatic rings. The van der Waals surface area contributed by atoms with E-state index in [9.17, 15) is 9.18 Å². The normalized spacial score (nSPS) is 12.2. The Morgan fingerprint density at radius 3 is 2.85 bits per heavy atom. The number of halogens is 1. The first-order valence-corrected chi connectivity index (χ1v) is 7.29. The number of nitrogens with two attached hydrogens (primary N) is 1. The van der Waals surface area contributed by atoms with Crippen molar-refractivity contribution in [2.24, 2.45) is 0 Å². The highest BCUT2D eigenvalue weighted by Crippen LogP contribution is 2.43. The topological polar surface area (TPSA) is 147 Å². The smallest absolute Gasteiger partial charge is 0.369 e. The van der Waals surface area contributed by atoms with Crippen LogP contribution in [0.2, 0.25) is 0 Å². The van der Waals surface area contributed by atoms with Crippen LogP contribution in [0.25, 0.3) is 11.0 Å². The number of nitrogens with zero attached hydrogens (tertiary/aromatic N) is 2. The largest absolute Gasteiger partial charge is 0.431 e. The molecule has 0 bridgehead atoms. The van der Waals surface area contributed by atoms with Crippen molar-refractivity contribution >= 4 is 24.9 Å². The van der Waals surface area contributed by atoms with Crippen LogP contribution >= 0.6 is 7.94 Å². The van der Waals surface area contributed by atoms with Crippen LogP contribution in [0.3, 0.4) is 0 Å². The van der Waals surface area contributed by atoms with E-state index in [0.29, 0.717) is 0 Å². The molecule has 110 valence electrons. The number of ether oxygens (including phenoxy) is 1. The monoisotopic (exact) mass is 307 g/mol. The summed E-state index contributed by atoms with van der Waals surface area (Å²) < 4.78 is 19.8. The van der Waals surface area contributed by atoms with Crippen LogP contribution in [0.15, 0.2) is 11.0 Å². The average molecular weight is 307 g/mol. The van der Waals surface area contributed by atoms with Crippen LogP contribution in [0, 0.1) is 5.82 Å². The van der Waals surface area contributed by atoms with Gasteiger partial charge >= 0.3 is 7.94 Å². The lowest BCUT2D eigenvalue weighted by molar-refractivity contribution is 0.140. The van der Waals surface area contributed by atoms with Gasteiger partial charge in [0, 0.05) is 12.7 Å². The van der Waals surface area contributed by atoms with E-state index in [-0.39, 0.29) is 30.1 Å². The summed E-state index contributed by atoms with van der Waals surface area (Å²) in [5.74, 6) is -0.893. The zero-order chi connectivity index (χ0) is 14.9. The maximum atomic E-state index is 13.6. The van der Waals surface area contributed by atoms with Gasteiger partial charge in [0.1, 0.15) is 5.39 Å². The van der Waals surface area contributed by atoms with E-state index >= 15 is 0 Å². The number of hydrogen-bond donors (Lipinski definition) is 5. The van der Waals surface area contributed by atoms with Crippen LogP contribution in [0.5, 0.6) is 0 Å². The van der Waals surface area contributed by atoms with Crippen molar-refractivity contribution in [3.8, 4) is 0 Å². The third kappa shape index (κ3) is 3.30. The Morgan fingerprint density at radius 2 is 2.20 bits per heavy atom. The zero-order valence-electron chi connectivity index (χ0n) is 10.2. The lowest BCUT2D eigenvalue weighted by Gasteiger charge is -2.06. The minimum Gasteiger partial charge on any atom is -0.369 e. The lowest BCUT2D eigenvalue weighted by atomic mass is 10.4. The van der Waals surface area contributed by atoms with Crippen LogP contribution < -0.4 is 11.3 Å². The summed E-state index contributed by atoms with van der Waals surface area (Å²) in [7, 11) is -3.99. The number of hydrogen-bond acceptors (Lipinski definition) is 7. The number of anilines is 1. The molecule has 0 radical (unpaired) electrons. The number of H-pyrrole nitrogens is 1. The first-order chi connectivity index (χ1) is 9.28. The Kier molecular flexibility index (Phi) is 4.02. The van der Waals surface area contributed by atoms with Gasteiger partial charge in [-0.05, 0) is 0 Å². The second kappa shape index (κ2) is 5.43. The summed E-state index contributed by atoms with van der Waals surface area (Å²) in [5.41, 5.74) is 4.76. The number of aromatic nitrogens is 3. The maximum Gasteiger partial charge on any atom is 0.431 e. The Morgan fingerprint density at radius 1 is 1.50 bits per heavy atom. The highest BCUT2D eigenvalue weighted by molar-refractivity contribution is 7.58. The molecule has 11 heteroatoms. The Labute approximate surface area is 112 Å². The molecule has 0 amide bonds. The van der Waals surface area contributed by atoms with Crippen LogP contribution in [-0.4, -0.2) is 42.2 Å². The molecule has 0 fully saturated rings. The molecule has 0 aliphatic carbocycles. The standard InChI is InChI=1S/C9H12FN4O5P/c10-5-3-14(1-2-19-4-20(16,17)18)7-6(5)8(15)13-9(11)12-7/h3,16-18H,1-2,4H2,(H2-,11,12,13,15)/p+1. The molecule has 2 rings (SSSR count).